The van der Waals surface area contributed by atoms with Crippen molar-refractivity contribution in [3.8, 4) is 5.88 Å². The summed E-state index contributed by atoms with van der Waals surface area (Å²) in [4.78, 5) is 17.6. The molecule has 1 aromatic heterocycles. The fraction of sp³-hybridized carbons (Fsp3) is 0.600. The van der Waals surface area contributed by atoms with E-state index in [4.69, 9.17) is 9.47 Å². The Morgan fingerprint density at radius 1 is 1.48 bits per heavy atom. The Bertz CT molecular complexity index is 670. The zero-order valence-corrected chi connectivity index (χ0v) is 13.8. The molecule has 2 fully saturated rings. The number of carbonyl (C=O) groups is 1. The molecule has 0 saturated carbocycles. The molecule has 0 bridgehead atoms. The van der Waals surface area contributed by atoms with Crippen LogP contribution < -0.4 is 4.74 Å². The maximum absolute atomic E-state index is 11.9. The van der Waals surface area contributed by atoms with E-state index >= 15 is 0 Å². The highest BCUT2D eigenvalue weighted by Crippen LogP contribution is 2.40. The highest BCUT2D eigenvalue weighted by atomic mass is 32.2. The molecule has 2 aliphatic rings. The Balaban J connectivity index is 1.55. The van der Waals surface area contributed by atoms with Crippen molar-refractivity contribution < 1.29 is 22.7 Å². The van der Waals surface area contributed by atoms with E-state index in [2.05, 4.69) is 4.98 Å². The van der Waals surface area contributed by atoms with Crippen LogP contribution in [0.4, 0.5) is 0 Å². The molecule has 1 atom stereocenters. The van der Waals surface area contributed by atoms with Crippen molar-refractivity contribution in [1.82, 2.24) is 9.88 Å². The second kappa shape index (κ2) is 6.09. The van der Waals surface area contributed by atoms with E-state index in [1.54, 1.807) is 17.2 Å². The van der Waals surface area contributed by atoms with Crippen LogP contribution in [0.2, 0.25) is 0 Å². The van der Waals surface area contributed by atoms with Gasteiger partial charge in [-0.15, -0.1) is 0 Å². The molecule has 3 rings (SSSR count). The molecule has 126 valence electrons. The maximum Gasteiger partial charge on any atom is 0.237 e. The topological polar surface area (TPSA) is 85.8 Å². The van der Waals surface area contributed by atoms with Gasteiger partial charge in [-0.2, -0.15) is 0 Å². The number of ether oxygens (including phenoxy) is 2. The average molecular weight is 340 g/mol. The van der Waals surface area contributed by atoms with Crippen LogP contribution in [-0.4, -0.2) is 68.1 Å². The summed E-state index contributed by atoms with van der Waals surface area (Å²) < 4.78 is 34.0. The van der Waals surface area contributed by atoms with Crippen molar-refractivity contribution in [3.63, 3.8) is 0 Å². The molecule has 1 aromatic rings. The zero-order chi connectivity index (χ0) is 16.5. The lowest BCUT2D eigenvalue weighted by molar-refractivity contribution is -0.164. The highest BCUT2D eigenvalue weighted by Gasteiger charge is 2.54. The van der Waals surface area contributed by atoms with E-state index in [0.717, 1.165) is 12.7 Å². The quantitative estimate of drug-likeness (QED) is 0.757. The number of rotatable bonds is 5. The average Bonchev–Trinajstić information content (AvgIpc) is 2.86. The number of hydrogen-bond donors (Lipinski definition) is 0. The SMILES string of the molecule is CS(=O)(=O)CC(=O)N1CC2(C1)OCC[C@H]2COc1ccccn1. The van der Waals surface area contributed by atoms with Crippen LogP contribution in [0.1, 0.15) is 6.42 Å². The van der Waals surface area contributed by atoms with Gasteiger partial charge in [0.25, 0.3) is 0 Å². The van der Waals surface area contributed by atoms with Crippen LogP contribution in [0.3, 0.4) is 0 Å². The second-order valence-electron chi connectivity index (χ2n) is 6.20. The fourth-order valence-electron chi connectivity index (χ4n) is 3.08. The fourth-order valence-corrected chi connectivity index (χ4v) is 3.71. The third kappa shape index (κ3) is 3.64. The Morgan fingerprint density at radius 2 is 2.26 bits per heavy atom. The Hall–Kier alpha value is -1.67. The van der Waals surface area contributed by atoms with Crippen molar-refractivity contribution in [2.75, 3.05) is 38.3 Å². The van der Waals surface area contributed by atoms with E-state index in [1.807, 2.05) is 12.1 Å². The van der Waals surface area contributed by atoms with Gasteiger partial charge < -0.3 is 14.4 Å². The van der Waals surface area contributed by atoms with Crippen LogP contribution in [0.25, 0.3) is 0 Å². The van der Waals surface area contributed by atoms with Gasteiger partial charge in [-0.3, -0.25) is 4.79 Å². The number of likely N-dealkylation sites (tertiary alicyclic amines) is 1. The molecule has 1 amide bonds. The van der Waals surface area contributed by atoms with Gasteiger partial charge in [0.2, 0.25) is 11.8 Å². The summed E-state index contributed by atoms with van der Waals surface area (Å²) in [5, 5.41) is 0. The first-order chi connectivity index (χ1) is 10.9. The summed E-state index contributed by atoms with van der Waals surface area (Å²) in [6.07, 6.45) is 3.60. The summed E-state index contributed by atoms with van der Waals surface area (Å²) in [5.41, 5.74) is -0.401. The molecule has 0 N–H and O–H groups in total. The van der Waals surface area contributed by atoms with Gasteiger partial charge in [0, 0.05) is 31.0 Å². The zero-order valence-electron chi connectivity index (χ0n) is 13.0. The standard InChI is InChI=1S/C15H20N2O5S/c1-23(19,20)9-14(18)17-10-15(11-17)12(5-7-22-15)8-21-13-4-2-3-6-16-13/h2-4,6,12H,5,7-11H2,1H3/t12-/m0/s1. The highest BCUT2D eigenvalue weighted by molar-refractivity contribution is 7.91. The summed E-state index contributed by atoms with van der Waals surface area (Å²) in [5.74, 6) is -0.0678. The lowest BCUT2D eigenvalue weighted by Crippen LogP contribution is -2.67. The third-order valence-electron chi connectivity index (χ3n) is 4.33. The van der Waals surface area contributed by atoms with Crippen LogP contribution in [-0.2, 0) is 19.4 Å². The van der Waals surface area contributed by atoms with Crippen molar-refractivity contribution in [3.05, 3.63) is 24.4 Å². The summed E-state index contributed by atoms with van der Waals surface area (Å²) >= 11 is 0. The molecule has 3 heterocycles. The number of aromatic nitrogens is 1. The van der Waals surface area contributed by atoms with E-state index in [9.17, 15) is 13.2 Å². The lowest BCUT2D eigenvalue weighted by Gasteiger charge is -2.50. The second-order valence-corrected chi connectivity index (χ2v) is 8.34. The van der Waals surface area contributed by atoms with Crippen molar-refractivity contribution in [2.24, 2.45) is 5.92 Å². The first kappa shape index (κ1) is 16.2. The van der Waals surface area contributed by atoms with E-state index in [-0.39, 0.29) is 11.8 Å². The first-order valence-electron chi connectivity index (χ1n) is 7.51. The molecule has 0 unspecified atom stereocenters. The molecular formula is C15H20N2O5S. The van der Waals surface area contributed by atoms with Crippen LogP contribution in [0.15, 0.2) is 24.4 Å². The predicted octanol–water partition coefficient (Wildman–Crippen LogP) is 0.123. The Kier molecular flexibility index (Phi) is 4.29. The molecule has 2 saturated heterocycles. The van der Waals surface area contributed by atoms with Gasteiger partial charge in [-0.1, -0.05) is 6.07 Å². The van der Waals surface area contributed by atoms with E-state index in [1.165, 1.54) is 0 Å². The lowest BCUT2D eigenvalue weighted by atomic mass is 9.81. The van der Waals surface area contributed by atoms with Crippen molar-refractivity contribution >= 4 is 15.7 Å². The number of pyridine rings is 1. The number of hydrogen-bond acceptors (Lipinski definition) is 6. The number of carbonyl (C=O) groups excluding carboxylic acids is 1. The molecule has 23 heavy (non-hydrogen) atoms. The van der Waals surface area contributed by atoms with Crippen LogP contribution in [0, 0.1) is 5.92 Å². The molecule has 7 nitrogen and oxygen atoms in total. The Labute approximate surface area is 135 Å². The molecule has 0 radical (unpaired) electrons. The van der Waals surface area contributed by atoms with Gasteiger partial charge in [-0.05, 0) is 12.5 Å². The molecule has 1 spiro atoms. The number of sulfone groups is 1. The number of nitrogens with zero attached hydrogens (tertiary/aromatic N) is 2. The third-order valence-corrected chi connectivity index (χ3v) is 5.10. The predicted molar refractivity (Wildman–Crippen MR) is 82.8 cm³/mol. The van der Waals surface area contributed by atoms with Crippen molar-refractivity contribution in [1.29, 1.82) is 0 Å². The van der Waals surface area contributed by atoms with Gasteiger partial charge in [-0.25, -0.2) is 13.4 Å². The monoisotopic (exact) mass is 340 g/mol. The van der Waals surface area contributed by atoms with Gasteiger partial charge in [0.15, 0.2) is 9.84 Å². The van der Waals surface area contributed by atoms with E-state index < -0.39 is 21.2 Å². The van der Waals surface area contributed by atoms with Crippen LogP contribution >= 0.6 is 0 Å². The summed E-state index contributed by atoms with van der Waals surface area (Å²) in [6.45, 7) is 1.96. The summed E-state index contributed by atoms with van der Waals surface area (Å²) in [7, 11) is -3.30. The molecule has 2 aliphatic heterocycles. The Morgan fingerprint density at radius 3 is 2.91 bits per heavy atom. The molecular weight excluding hydrogens is 320 g/mol. The molecule has 0 aliphatic carbocycles. The normalized spacial score (nSPS) is 22.8. The van der Waals surface area contributed by atoms with Crippen molar-refractivity contribution in [2.45, 2.75) is 12.0 Å². The minimum absolute atomic E-state index is 0.173. The smallest absolute Gasteiger partial charge is 0.237 e. The van der Waals surface area contributed by atoms with Gasteiger partial charge in [0.1, 0.15) is 11.4 Å². The van der Waals surface area contributed by atoms with Gasteiger partial charge in [0.05, 0.1) is 19.7 Å². The van der Waals surface area contributed by atoms with E-state index in [0.29, 0.717) is 32.2 Å². The largest absolute Gasteiger partial charge is 0.477 e. The number of amides is 1. The first-order valence-corrected chi connectivity index (χ1v) is 9.57. The molecule has 0 aromatic carbocycles. The maximum atomic E-state index is 11.9. The summed E-state index contributed by atoms with van der Waals surface area (Å²) in [6, 6.07) is 5.48. The van der Waals surface area contributed by atoms with Crippen LogP contribution in [0.5, 0.6) is 5.88 Å². The minimum atomic E-state index is -3.30. The minimum Gasteiger partial charge on any atom is -0.477 e. The van der Waals surface area contributed by atoms with Gasteiger partial charge >= 0.3 is 0 Å². The molecule has 8 heteroatoms.